The van der Waals surface area contributed by atoms with Crippen LogP contribution >= 0.6 is 22.6 Å². The van der Waals surface area contributed by atoms with Gasteiger partial charge in [-0.15, -0.1) is 0 Å². The average Bonchev–Trinajstić information content (AvgIpc) is 2.41. The van der Waals surface area contributed by atoms with Gasteiger partial charge in [-0.05, 0) is 40.8 Å². The molecule has 0 spiro atoms. The fourth-order valence-corrected chi connectivity index (χ4v) is 2.70. The van der Waals surface area contributed by atoms with E-state index in [0.29, 0.717) is 18.0 Å². The van der Waals surface area contributed by atoms with Crippen LogP contribution in [0.3, 0.4) is 0 Å². The van der Waals surface area contributed by atoms with Crippen LogP contribution in [0.15, 0.2) is 23.0 Å². The van der Waals surface area contributed by atoms with E-state index in [-0.39, 0.29) is 5.56 Å². The summed E-state index contributed by atoms with van der Waals surface area (Å²) in [4.78, 5) is 17.3. The smallest absolute Gasteiger partial charge is 0.261 e. The molecule has 4 nitrogen and oxygen atoms in total. The number of benzene rings is 1. The Labute approximate surface area is 132 Å². The summed E-state index contributed by atoms with van der Waals surface area (Å²) in [6, 6.07) is 6.25. The number of hydrogen-bond acceptors (Lipinski definition) is 3. The molecule has 2 aromatic rings. The zero-order chi connectivity index (χ0) is 14.7. The highest BCUT2D eigenvalue weighted by Crippen LogP contribution is 2.13. The second-order valence-corrected chi connectivity index (χ2v) is 6.35. The molecule has 0 unspecified atom stereocenters. The third kappa shape index (κ3) is 3.38. The van der Waals surface area contributed by atoms with Crippen molar-refractivity contribution in [1.29, 1.82) is 0 Å². The van der Waals surface area contributed by atoms with Gasteiger partial charge in [0.1, 0.15) is 5.82 Å². The molecule has 108 valence electrons. The van der Waals surface area contributed by atoms with Crippen molar-refractivity contribution in [2.45, 2.75) is 39.8 Å². The number of aromatic nitrogens is 2. The molecule has 1 N–H and O–H groups in total. The summed E-state index contributed by atoms with van der Waals surface area (Å²) < 4.78 is 2.86. The zero-order valence-electron chi connectivity index (χ0n) is 12.1. The SMILES string of the molecule is CCc1nc2ccc(I)cc2c(=O)n1CCNC(C)C. The molecule has 0 aliphatic carbocycles. The number of hydrogen-bond donors (Lipinski definition) is 1. The van der Waals surface area contributed by atoms with Crippen LogP contribution in [-0.4, -0.2) is 22.1 Å². The molecule has 1 heterocycles. The fourth-order valence-electron chi connectivity index (χ4n) is 2.20. The van der Waals surface area contributed by atoms with E-state index in [1.54, 1.807) is 4.57 Å². The van der Waals surface area contributed by atoms with Crippen LogP contribution in [0.4, 0.5) is 0 Å². The summed E-state index contributed by atoms with van der Waals surface area (Å²) in [6.45, 7) is 7.68. The molecule has 0 aliphatic rings. The first-order valence-corrected chi connectivity index (χ1v) is 8.03. The highest BCUT2D eigenvalue weighted by atomic mass is 127. The molecular formula is C15H20IN3O. The van der Waals surface area contributed by atoms with Gasteiger partial charge < -0.3 is 5.32 Å². The first-order chi connectivity index (χ1) is 9.52. The second kappa shape index (κ2) is 6.67. The van der Waals surface area contributed by atoms with E-state index in [9.17, 15) is 4.79 Å². The molecule has 20 heavy (non-hydrogen) atoms. The molecule has 0 fully saturated rings. The van der Waals surface area contributed by atoms with Crippen LogP contribution < -0.4 is 10.9 Å². The van der Waals surface area contributed by atoms with E-state index in [2.05, 4.69) is 46.7 Å². The van der Waals surface area contributed by atoms with Gasteiger partial charge in [0.05, 0.1) is 10.9 Å². The van der Waals surface area contributed by atoms with Crippen molar-refractivity contribution >= 4 is 33.5 Å². The molecule has 0 radical (unpaired) electrons. The van der Waals surface area contributed by atoms with Crippen LogP contribution in [0.25, 0.3) is 10.9 Å². The van der Waals surface area contributed by atoms with Crippen molar-refractivity contribution < 1.29 is 0 Å². The van der Waals surface area contributed by atoms with Crippen LogP contribution in [0.2, 0.25) is 0 Å². The van der Waals surface area contributed by atoms with Crippen molar-refractivity contribution in [2.75, 3.05) is 6.54 Å². The largest absolute Gasteiger partial charge is 0.313 e. The lowest BCUT2D eigenvalue weighted by Crippen LogP contribution is -2.32. The van der Waals surface area contributed by atoms with Crippen molar-refractivity contribution in [3.8, 4) is 0 Å². The lowest BCUT2D eigenvalue weighted by molar-refractivity contribution is 0.521. The standard InChI is InChI=1S/C15H20IN3O/c1-4-14-18-13-6-5-11(16)9-12(13)15(20)19(14)8-7-17-10(2)3/h5-6,9-10,17H,4,7-8H2,1-3H3. The van der Waals surface area contributed by atoms with Gasteiger partial charge in [-0.25, -0.2) is 4.98 Å². The van der Waals surface area contributed by atoms with Crippen molar-refractivity contribution in [3.05, 3.63) is 37.9 Å². The summed E-state index contributed by atoms with van der Waals surface area (Å²) >= 11 is 2.22. The van der Waals surface area contributed by atoms with Crippen LogP contribution in [-0.2, 0) is 13.0 Å². The van der Waals surface area contributed by atoms with Gasteiger partial charge in [0.2, 0.25) is 0 Å². The molecule has 1 aromatic heterocycles. The maximum Gasteiger partial charge on any atom is 0.261 e. The highest BCUT2D eigenvalue weighted by molar-refractivity contribution is 14.1. The van der Waals surface area contributed by atoms with Crippen LogP contribution in [0.1, 0.15) is 26.6 Å². The summed E-state index contributed by atoms with van der Waals surface area (Å²) in [7, 11) is 0. The number of halogens is 1. The van der Waals surface area contributed by atoms with E-state index < -0.39 is 0 Å². The molecule has 0 aliphatic heterocycles. The van der Waals surface area contributed by atoms with E-state index in [1.165, 1.54) is 0 Å². The molecule has 5 heteroatoms. The van der Waals surface area contributed by atoms with Gasteiger partial charge in [0.15, 0.2) is 0 Å². The minimum atomic E-state index is 0.0657. The second-order valence-electron chi connectivity index (χ2n) is 5.11. The maximum atomic E-state index is 12.6. The molecule has 0 atom stereocenters. The number of fused-ring (bicyclic) bond motifs is 1. The minimum Gasteiger partial charge on any atom is -0.313 e. The molecular weight excluding hydrogens is 365 g/mol. The first-order valence-electron chi connectivity index (χ1n) is 6.95. The maximum absolute atomic E-state index is 12.6. The monoisotopic (exact) mass is 385 g/mol. The van der Waals surface area contributed by atoms with Crippen molar-refractivity contribution in [3.63, 3.8) is 0 Å². The fraction of sp³-hybridized carbons (Fsp3) is 0.467. The number of rotatable bonds is 5. The Kier molecular flexibility index (Phi) is 5.15. The Balaban J connectivity index is 2.45. The van der Waals surface area contributed by atoms with Crippen LogP contribution in [0.5, 0.6) is 0 Å². The molecule has 0 saturated heterocycles. The van der Waals surface area contributed by atoms with Crippen molar-refractivity contribution in [2.24, 2.45) is 0 Å². The summed E-state index contributed by atoms with van der Waals surface area (Å²) in [6.07, 6.45) is 0.763. The van der Waals surface area contributed by atoms with E-state index in [0.717, 1.165) is 27.9 Å². The van der Waals surface area contributed by atoms with Crippen LogP contribution in [0, 0.1) is 3.57 Å². The predicted octanol–water partition coefficient (Wildman–Crippen LogP) is 2.56. The van der Waals surface area contributed by atoms with Gasteiger partial charge in [-0.1, -0.05) is 20.8 Å². The Morgan fingerprint density at radius 2 is 2.15 bits per heavy atom. The third-order valence-corrected chi connectivity index (χ3v) is 3.87. The molecule has 0 bridgehead atoms. The van der Waals surface area contributed by atoms with Gasteiger partial charge in [-0.2, -0.15) is 0 Å². The van der Waals surface area contributed by atoms with Gasteiger partial charge >= 0.3 is 0 Å². The highest BCUT2D eigenvalue weighted by Gasteiger charge is 2.10. The number of aryl methyl sites for hydroxylation is 1. The number of nitrogens with one attached hydrogen (secondary N) is 1. The lowest BCUT2D eigenvalue weighted by atomic mass is 10.2. The van der Waals surface area contributed by atoms with Gasteiger partial charge in [-0.3, -0.25) is 9.36 Å². The summed E-state index contributed by atoms with van der Waals surface area (Å²) in [5.74, 6) is 0.856. The third-order valence-electron chi connectivity index (χ3n) is 3.20. The van der Waals surface area contributed by atoms with Crippen molar-refractivity contribution in [1.82, 2.24) is 14.9 Å². The topological polar surface area (TPSA) is 46.9 Å². The zero-order valence-corrected chi connectivity index (χ0v) is 14.3. The van der Waals surface area contributed by atoms with Gasteiger partial charge in [0.25, 0.3) is 5.56 Å². The molecule has 1 aromatic carbocycles. The minimum absolute atomic E-state index is 0.0657. The first kappa shape index (κ1) is 15.4. The molecule has 2 rings (SSSR count). The van der Waals surface area contributed by atoms with E-state index >= 15 is 0 Å². The molecule has 0 saturated carbocycles. The number of nitrogens with zero attached hydrogens (tertiary/aromatic N) is 2. The Bertz CT molecular complexity index is 664. The Hall–Kier alpha value is -0.950. The Morgan fingerprint density at radius 3 is 2.80 bits per heavy atom. The lowest BCUT2D eigenvalue weighted by Gasteiger charge is -2.14. The summed E-state index contributed by atoms with van der Waals surface area (Å²) in [5, 5.41) is 4.05. The Morgan fingerprint density at radius 1 is 1.40 bits per heavy atom. The molecule has 0 amide bonds. The normalized spacial score (nSPS) is 11.4. The predicted molar refractivity (Wildman–Crippen MR) is 91.2 cm³/mol. The van der Waals surface area contributed by atoms with E-state index in [4.69, 9.17) is 0 Å². The quantitative estimate of drug-likeness (QED) is 0.805. The van der Waals surface area contributed by atoms with E-state index in [1.807, 2.05) is 25.1 Å². The van der Waals surface area contributed by atoms with Gasteiger partial charge in [0, 0.05) is 29.1 Å². The average molecular weight is 385 g/mol. The summed E-state index contributed by atoms with van der Waals surface area (Å²) in [5.41, 5.74) is 0.858.